The topological polar surface area (TPSA) is 100 Å². The van der Waals surface area contributed by atoms with Crippen molar-refractivity contribution in [1.29, 1.82) is 0 Å². The predicted molar refractivity (Wildman–Crippen MR) is 25.3 cm³/mol. The van der Waals surface area contributed by atoms with Gasteiger partial charge in [0, 0.05) is 34.8 Å². The zero-order chi connectivity index (χ0) is 8.36. The maximum absolute atomic E-state index is 9.90. The second kappa shape index (κ2) is 4.50. The van der Waals surface area contributed by atoms with Crippen LogP contribution in [0.4, 0.5) is 0 Å². The smallest absolute Gasteiger partial charge is 0.106 e. The summed E-state index contributed by atoms with van der Waals surface area (Å²) in [4.78, 5) is 19.7. The van der Waals surface area contributed by atoms with Crippen molar-refractivity contribution in [2.45, 2.75) is 18.9 Å². The van der Waals surface area contributed by atoms with Crippen LogP contribution >= 0.6 is 0 Å². The van der Waals surface area contributed by atoms with Crippen LogP contribution in [0.15, 0.2) is 0 Å². The third-order valence-corrected chi connectivity index (χ3v) is 0.928. The van der Waals surface area contributed by atoms with Gasteiger partial charge in [0.2, 0.25) is 0 Å². The second-order valence-corrected chi connectivity index (χ2v) is 2.11. The summed E-state index contributed by atoms with van der Waals surface area (Å²) < 4.78 is 0. The largest absolute Gasteiger partial charge is 0.550 e. The molecule has 0 aromatic rings. The number of rotatable bonds is 3. The molecule has 0 aliphatic rings. The zero-order valence-corrected chi connectivity index (χ0v) is 7.07. The monoisotopic (exact) mass is 253 g/mol. The number of carboxylic acid groups (broad SMARTS) is 2. The standard InChI is InChI=1S/C5H8O5.Ag/c1-5(10,4(8)9)2-3(6)7;/h10H,2H2,1H3,(H,6,7)(H,8,9);/p-2. The minimum atomic E-state index is -2.33. The van der Waals surface area contributed by atoms with Gasteiger partial charge >= 0.3 is 0 Å². The fourth-order valence-electron chi connectivity index (χ4n) is 0.353. The fraction of sp³-hybridized carbons (Fsp3) is 0.600. The third-order valence-electron chi connectivity index (χ3n) is 0.928. The van der Waals surface area contributed by atoms with E-state index in [4.69, 9.17) is 5.11 Å². The van der Waals surface area contributed by atoms with E-state index in [-0.39, 0.29) is 22.4 Å². The van der Waals surface area contributed by atoms with Gasteiger partial charge in [0.15, 0.2) is 0 Å². The molecule has 0 aromatic carbocycles. The number of aliphatic carboxylic acids is 2. The molecular weight excluding hydrogens is 248 g/mol. The van der Waals surface area contributed by atoms with Gasteiger partial charge in [-0.15, -0.1) is 0 Å². The molecule has 0 fully saturated rings. The number of carboxylic acids is 2. The Bertz CT molecular complexity index is 164. The fourth-order valence-corrected chi connectivity index (χ4v) is 0.353. The van der Waals surface area contributed by atoms with E-state index in [1.807, 2.05) is 0 Å². The molecule has 69 valence electrons. The molecule has 0 aliphatic heterocycles. The van der Waals surface area contributed by atoms with E-state index in [9.17, 15) is 19.8 Å². The van der Waals surface area contributed by atoms with Crippen molar-refractivity contribution in [2.24, 2.45) is 0 Å². The average molecular weight is 254 g/mol. The van der Waals surface area contributed by atoms with Crippen molar-refractivity contribution >= 4 is 11.9 Å². The van der Waals surface area contributed by atoms with Crippen molar-refractivity contribution in [3.05, 3.63) is 0 Å². The molecule has 1 unspecified atom stereocenters. The van der Waals surface area contributed by atoms with Gasteiger partial charge in [-0.2, -0.15) is 0 Å². The molecule has 0 saturated heterocycles. The van der Waals surface area contributed by atoms with Gasteiger partial charge in [-0.05, 0) is 6.92 Å². The first-order valence-electron chi connectivity index (χ1n) is 2.50. The van der Waals surface area contributed by atoms with Crippen LogP contribution < -0.4 is 10.2 Å². The van der Waals surface area contributed by atoms with Crippen LogP contribution in [0.2, 0.25) is 0 Å². The van der Waals surface area contributed by atoms with Crippen LogP contribution in [0.5, 0.6) is 0 Å². The van der Waals surface area contributed by atoms with Crippen molar-refractivity contribution in [3.8, 4) is 0 Å². The molecule has 0 bridgehead atoms. The van der Waals surface area contributed by atoms with Gasteiger partial charge < -0.3 is 24.9 Å². The molecule has 0 aliphatic carbocycles. The summed E-state index contributed by atoms with van der Waals surface area (Å²) in [6.07, 6.45) is -0.963. The molecule has 0 rings (SSSR count). The van der Waals surface area contributed by atoms with E-state index in [1.165, 1.54) is 0 Å². The Hall–Kier alpha value is -0.360. The predicted octanol–water partition coefficient (Wildman–Crippen LogP) is -3.38. The van der Waals surface area contributed by atoms with Gasteiger partial charge in [-0.25, -0.2) is 0 Å². The van der Waals surface area contributed by atoms with Crippen LogP contribution in [-0.2, 0) is 32.0 Å². The van der Waals surface area contributed by atoms with Crippen molar-refractivity contribution in [1.82, 2.24) is 0 Å². The molecule has 1 atom stereocenters. The summed E-state index contributed by atoms with van der Waals surface area (Å²) in [5.41, 5.74) is -2.33. The summed E-state index contributed by atoms with van der Waals surface area (Å²) in [5.74, 6) is -3.45. The summed E-state index contributed by atoms with van der Waals surface area (Å²) in [7, 11) is 0. The summed E-state index contributed by atoms with van der Waals surface area (Å²) >= 11 is 0. The molecule has 0 aromatic heterocycles. The molecule has 5 nitrogen and oxygen atoms in total. The van der Waals surface area contributed by atoms with Crippen LogP contribution in [0.25, 0.3) is 0 Å². The Morgan fingerprint density at radius 2 is 1.82 bits per heavy atom. The second-order valence-electron chi connectivity index (χ2n) is 2.11. The Morgan fingerprint density at radius 1 is 1.45 bits per heavy atom. The van der Waals surface area contributed by atoms with Crippen molar-refractivity contribution in [3.63, 3.8) is 0 Å². The van der Waals surface area contributed by atoms with Crippen molar-refractivity contribution in [2.75, 3.05) is 0 Å². The number of carbonyl (C=O) groups excluding carboxylic acids is 2. The Morgan fingerprint density at radius 3 is 1.91 bits per heavy atom. The van der Waals surface area contributed by atoms with Gasteiger partial charge in [0.05, 0.1) is 5.97 Å². The number of carbonyl (C=O) groups is 2. The van der Waals surface area contributed by atoms with E-state index >= 15 is 0 Å². The van der Waals surface area contributed by atoms with E-state index in [2.05, 4.69) is 0 Å². The first-order valence-corrected chi connectivity index (χ1v) is 2.50. The van der Waals surface area contributed by atoms with Crippen LogP contribution in [-0.4, -0.2) is 22.6 Å². The maximum atomic E-state index is 9.90. The third kappa shape index (κ3) is 4.97. The molecule has 1 N–H and O–H groups in total. The van der Waals surface area contributed by atoms with Crippen LogP contribution in [0, 0.1) is 0 Å². The van der Waals surface area contributed by atoms with Gasteiger partial charge in [0.1, 0.15) is 5.60 Å². The molecule has 0 heterocycles. The molecule has 6 heteroatoms. The van der Waals surface area contributed by atoms with Crippen LogP contribution in [0.3, 0.4) is 0 Å². The van der Waals surface area contributed by atoms with Crippen LogP contribution in [0.1, 0.15) is 13.3 Å². The first kappa shape index (κ1) is 13.2. The van der Waals surface area contributed by atoms with Crippen molar-refractivity contribution < 1.29 is 47.3 Å². The number of hydrogen-bond acceptors (Lipinski definition) is 5. The van der Waals surface area contributed by atoms with Gasteiger partial charge in [-0.1, -0.05) is 0 Å². The Balaban J connectivity index is 0. The van der Waals surface area contributed by atoms with E-state index in [0.29, 0.717) is 0 Å². The molecule has 11 heavy (non-hydrogen) atoms. The van der Waals surface area contributed by atoms with Gasteiger partial charge in [0.25, 0.3) is 0 Å². The average Bonchev–Trinajstić information content (AvgIpc) is 1.60. The first-order chi connectivity index (χ1) is 4.36. The number of hydrogen-bond donors (Lipinski definition) is 1. The minimum absolute atomic E-state index is 0. The maximum Gasteiger partial charge on any atom is 0.106 e. The Labute approximate surface area is 78.5 Å². The minimum Gasteiger partial charge on any atom is -0.550 e. The summed E-state index contributed by atoms with van der Waals surface area (Å²) in [5, 5.41) is 28.3. The van der Waals surface area contributed by atoms with E-state index in [0.717, 1.165) is 6.92 Å². The SMILES string of the molecule is CC(O)(CC(=O)[O-])C(=O)[O-].[Ag]. The quantitative estimate of drug-likeness (QED) is 0.529. The normalized spacial score (nSPS) is 14.4. The van der Waals surface area contributed by atoms with E-state index < -0.39 is 24.0 Å². The molecule has 0 spiro atoms. The molecular formula is C5H6AgO5-2. The molecule has 0 saturated carbocycles. The summed E-state index contributed by atoms with van der Waals surface area (Å²) in [6.45, 7) is 0.831. The van der Waals surface area contributed by atoms with E-state index in [1.54, 1.807) is 0 Å². The molecule has 0 amide bonds. The number of aliphatic hydroxyl groups is 1. The molecule has 1 radical (unpaired) electrons. The zero-order valence-electron chi connectivity index (χ0n) is 5.59. The Kier molecular flexibility index (Phi) is 5.42. The van der Waals surface area contributed by atoms with Gasteiger partial charge in [-0.3, -0.25) is 0 Å². The summed E-state index contributed by atoms with van der Waals surface area (Å²) in [6, 6.07) is 0.